The van der Waals surface area contributed by atoms with Crippen LogP contribution in [0.4, 0.5) is 6.01 Å². The van der Waals surface area contributed by atoms with Crippen LogP contribution in [0.1, 0.15) is 43.9 Å². The second kappa shape index (κ2) is 4.41. The summed E-state index contributed by atoms with van der Waals surface area (Å²) in [7, 11) is 0. The van der Waals surface area contributed by atoms with Crippen LogP contribution in [0.2, 0.25) is 0 Å². The van der Waals surface area contributed by atoms with E-state index in [4.69, 9.17) is 9.15 Å². The van der Waals surface area contributed by atoms with Crippen molar-refractivity contribution in [1.29, 1.82) is 0 Å². The molecule has 3 rings (SSSR count). The zero-order valence-electron chi connectivity index (χ0n) is 9.32. The molecule has 0 radical (unpaired) electrons. The smallest absolute Gasteiger partial charge is 0.315 e. The first-order valence-corrected chi connectivity index (χ1v) is 6.11. The summed E-state index contributed by atoms with van der Waals surface area (Å²) in [4.78, 5) is 0. The summed E-state index contributed by atoms with van der Waals surface area (Å²) in [6.07, 6.45) is 6.24. The Balaban J connectivity index is 1.51. The molecule has 0 aromatic carbocycles. The van der Waals surface area contributed by atoms with Gasteiger partial charge in [-0.2, -0.15) is 0 Å². The predicted molar refractivity (Wildman–Crippen MR) is 58.4 cm³/mol. The second-order valence-corrected chi connectivity index (χ2v) is 4.59. The molecule has 5 nitrogen and oxygen atoms in total. The fourth-order valence-electron chi connectivity index (χ4n) is 2.13. The number of rotatable bonds is 4. The average Bonchev–Trinajstić information content (AvgIpc) is 2.81. The van der Waals surface area contributed by atoms with Crippen LogP contribution < -0.4 is 5.32 Å². The average molecular weight is 223 g/mol. The molecule has 0 unspecified atom stereocenters. The summed E-state index contributed by atoms with van der Waals surface area (Å²) < 4.78 is 11.1. The van der Waals surface area contributed by atoms with Crippen molar-refractivity contribution >= 4 is 6.01 Å². The van der Waals surface area contributed by atoms with Crippen molar-refractivity contribution in [3.05, 3.63) is 5.89 Å². The summed E-state index contributed by atoms with van der Waals surface area (Å²) in [5.41, 5.74) is 0. The van der Waals surface area contributed by atoms with Crippen molar-refractivity contribution in [2.75, 3.05) is 18.5 Å². The molecular weight excluding hydrogens is 206 g/mol. The van der Waals surface area contributed by atoms with E-state index < -0.39 is 0 Å². The van der Waals surface area contributed by atoms with E-state index in [0.717, 1.165) is 31.9 Å². The van der Waals surface area contributed by atoms with Crippen LogP contribution >= 0.6 is 0 Å². The molecule has 1 aliphatic heterocycles. The largest absolute Gasteiger partial charge is 0.408 e. The van der Waals surface area contributed by atoms with E-state index in [2.05, 4.69) is 15.5 Å². The Hall–Kier alpha value is -1.10. The Morgan fingerprint density at radius 3 is 2.81 bits per heavy atom. The van der Waals surface area contributed by atoms with E-state index >= 15 is 0 Å². The standard InChI is InChI=1S/C11H17N3O2/c1-3-8(4-1)10-13-14-11(16-10)12-7-9-5-2-6-15-9/h8-9H,1-7H2,(H,12,14)/t9-/m1/s1. The molecule has 88 valence electrons. The van der Waals surface area contributed by atoms with Gasteiger partial charge in [-0.05, 0) is 25.7 Å². The molecule has 0 spiro atoms. The molecule has 0 bridgehead atoms. The van der Waals surface area contributed by atoms with Gasteiger partial charge in [0.1, 0.15) is 0 Å². The number of aromatic nitrogens is 2. The van der Waals surface area contributed by atoms with Crippen molar-refractivity contribution < 1.29 is 9.15 Å². The highest BCUT2D eigenvalue weighted by Gasteiger charge is 2.25. The minimum Gasteiger partial charge on any atom is -0.408 e. The third-order valence-corrected chi connectivity index (χ3v) is 3.40. The van der Waals surface area contributed by atoms with Gasteiger partial charge in [-0.25, -0.2) is 0 Å². The molecule has 1 saturated carbocycles. The number of nitrogens with zero attached hydrogens (tertiary/aromatic N) is 2. The Morgan fingerprint density at radius 1 is 1.19 bits per heavy atom. The first-order valence-electron chi connectivity index (χ1n) is 6.11. The molecule has 16 heavy (non-hydrogen) atoms. The minimum absolute atomic E-state index is 0.305. The monoisotopic (exact) mass is 223 g/mol. The molecule has 2 fully saturated rings. The van der Waals surface area contributed by atoms with Crippen molar-refractivity contribution in [1.82, 2.24) is 10.2 Å². The van der Waals surface area contributed by atoms with Crippen molar-refractivity contribution in [3.8, 4) is 0 Å². The quantitative estimate of drug-likeness (QED) is 0.845. The Morgan fingerprint density at radius 2 is 2.12 bits per heavy atom. The first kappa shape index (κ1) is 10.1. The lowest BCUT2D eigenvalue weighted by molar-refractivity contribution is 0.120. The number of hydrogen-bond donors (Lipinski definition) is 1. The van der Waals surface area contributed by atoms with Gasteiger partial charge in [-0.15, -0.1) is 5.10 Å². The molecule has 1 aromatic heterocycles. The second-order valence-electron chi connectivity index (χ2n) is 4.59. The van der Waals surface area contributed by atoms with E-state index in [9.17, 15) is 0 Å². The highest BCUT2D eigenvalue weighted by molar-refractivity contribution is 5.18. The molecular formula is C11H17N3O2. The van der Waals surface area contributed by atoms with Crippen LogP contribution in [-0.2, 0) is 4.74 Å². The van der Waals surface area contributed by atoms with Crippen molar-refractivity contribution in [3.63, 3.8) is 0 Å². The molecule has 1 N–H and O–H groups in total. The van der Waals surface area contributed by atoms with E-state index in [-0.39, 0.29) is 0 Å². The van der Waals surface area contributed by atoms with Gasteiger partial charge < -0.3 is 14.5 Å². The zero-order chi connectivity index (χ0) is 10.8. The Bertz CT molecular complexity index is 343. The minimum atomic E-state index is 0.305. The molecule has 1 aromatic rings. The lowest BCUT2D eigenvalue weighted by Crippen LogP contribution is -2.18. The topological polar surface area (TPSA) is 60.2 Å². The van der Waals surface area contributed by atoms with Gasteiger partial charge in [0.25, 0.3) is 0 Å². The number of hydrogen-bond acceptors (Lipinski definition) is 5. The summed E-state index contributed by atoms with van der Waals surface area (Å²) >= 11 is 0. The van der Waals surface area contributed by atoms with Crippen molar-refractivity contribution in [2.45, 2.75) is 44.1 Å². The van der Waals surface area contributed by atoms with E-state index in [1.165, 1.54) is 19.3 Å². The number of nitrogens with one attached hydrogen (secondary N) is 1. The van der Waals surface area contributed by atoms with Gasteiger partial charge in [0.05, 0.1) is 6.10 Å². The molecule has 5 heteroatoms. The van der Waals surface area contributed by atoms with Gasteiger partial charge in [-0.1, -0.05) is 11.5 Å². The lowest BCUT2D eigenvalue weighted by atomic mass is 9.85. The fourth-order valence-corrected chi connectivity index (χ4v) is 2.13. The van der Waals surface area contributed by atoms with Crippen LogP contribution in [0.25, 0.3) is 0 Å². The van der Waals surface area contributed by atoms with Gasteiger partial charge in [0.2, 0.25) is 5.89 Å². The van der Waals surface area contributed by atoms with E-state index in [1.807, 2.05) is 0 Å². The highest BCUT2D eigenvalue weighted by atomic mass is 16.5. The normalized spacial score (nSPS) is 25.6. The van der Waals surface area contributed by atoms with Crippen LogP contribution in [0.5, 0.6) is 0 Å². The maximum Gasteiger partial charge on any atom is 0.315 e. The highest BCUT2D eigenvalue weighted by Crippen LogP contribution is 2.35. The summed E-state index contributed by atoms with van der Waals surface area (Å²) in [6.45, 7) is 1.65. The van der Waals surface area contributed by atoms with E-state index in [0.29, 0.717) is 18.0 Å². The van der Waals surface area contributed by atoms with Crippen LogP contribution in [0.3, 0.4) is 0 Å². The Kier molecular flexibility index (Phi) is 2.78. The van der Waals surface area contributed by atoms with Gasteiger partial charge in [-0.3, -0.25) is 0 Å². The maximum atomic E-state index is 5.56. The molecule has 1 saturated heterocycles. The maximum absolute atomic E-state index is 5.56. The number of ether oxygens (including phenoxy) is 1. The fraction of sp³-hybridized carbons (Fsp3) is 0.818. The van der Waals surface area contributed by atoms with Crippen LogP contribution in [-0.4, -0.2) is 29.5 Å². The summed E-state index contributed by atoms with van der Waals surface area (Å²) in [6, 6.07) is 0.539. The molecule has 0 amide bonds. The lowest BCUT2D eigenvalue weighted by Gasteiger charge is -2.20. The summed E-state index contributed by atoms with van der Waals surface area (Å²) in [5, 5.41) is 11.2. The van der Waals surface area contributed by atoms with Gasteiger partial charge >= 0.3 is 6.01 Å². The molecule has 2 aliphatic rings. The first-order chi connectivity index (χ1) is 7.92. The third kappa shape index (κ3) is 2.04. The van der Waals surface area contributed by atoms with Gasteiger partial charge in [0, 0.05) is 19.1 Å². The zero-order valence-corrected chi connectivity index (χ0v) is 9.32. The Labute approximate surface area is 94.6 Å². The SMILES string of the molecule is C1CC(c2nnc(NC[C@H]3CCCO3)o2)C1. The molecule has 2 heterocycles. The van der Waals surface area contributed by atoms with Crippen LogP contribution in [0, 0.1) is 0 Å². The summed E-state index contributed by atoms with van der Waals surface area (Å²) in [5.74, 6) is 1.30. The molecule has 1 aliphatic carbocycles. The van der Waals surface area contributed by atoms with Gasteiger partial charge in [0.15, 0.2) is 0 Å². The molecule has 1 atom stereocenters. The van der Waals surface area contributed by atoms with Crippen LogP contribution in [0.15, 0.2) is 4.42 Å². The van der Waals surface area contributed by atoms with E-state index in [1.54, 1.807) is 0 Å². The third-order valence-electron chi connectivity index (χ3n) is 3.40. The number of anilines is 1. The predicted octanol–water partition coefficient (Wildman–Crippen LogP) is 1.93. The van der Waals surface area contributed by atoms with Crippen molar-refractivity contribution in [2.24, 2.45) is 0 Å².